The quantitative estimate of drug-likeness (QED) is 0.744. The van der Waals surface area contributed by atoms with Gasteiger partial charge in [-0.2, -0.15) is 5.10 Å². The molecule has 5 rings (SSSR count). The first-order chi connectivity index (χ1) is 13.3. The molecule has 2 aromatic rings. The van der Waals surface area contributed by atoms with Crippen molar-refractivity contribution in [1.82, 2.24) is 5.01 Å². The van der Waals surface area contributed by atoms with Gasteiger partial charge in [0.1, 0.15) is 0 Å². The van der Waals surface area contributed by atoms with Gasteiger partial charge in [0, 0.05) is 24.8 Å². The van der Waals surface area contributed by atoms with E-state index in [9.17, 15) is 0 Å². The molecule has 2 aromatic carbocycles. The van der Waals surface area contributed by atoms with Crippen molar-refractivity contribution >= 4 is 5.71 Å². The summed E-state index contributed by atoms with van der Waals surface area (Å²) in [6.45, 7) is 2.67. The molecule has 2 heterocycles. The van der Waals surface area contributed by atoms with E-state index in [-0.39, 0.29) is 11.8 Å². The molecule has 0 unspecified atom stereocenters. The minimum Gasteiger partial charge on any atom is -0.490 e. The summed E-state index contributed by atoms with van der Waals surface area (Å²) in [5, 5.41) is 7.40. The molecule has 0 amide bonds. The fourth-order valence-corrected chi connectivity index (χ4v) is 4.78. The van der Waals surface area contributed by atoms with Gasteiger partial charge in [-0.05, 0) is 31.4 Å². The zero-order chi connectivity index (χ0) is 18.3. The Kier molecular flexibility index (Phi) is 4.07. The average Bonchev–Trinajstić information content (AvgIpc) is 3.17. The summed E-state index contributed by atoms with van der Waals surface area (Å²) in [7, 11) is 0. The molecule has 1 aliphatic carbocycles. The van der Waals surface area contributed by atoms with Crippen molar-refractivity contribution in [1.29, 1.82) is 0 Å². The number of hydrogen-bond donors (Lipinski definition) is 0. The van der Waals surface area contributed by atoms with E-state index in [2.05, 4.69) is 47.5 Å². The summed E-state index contributed by atoms with van der Waals surface area (Å²) in [5.74, 6) is 1.81. The monoisotopic (exact) mass is 362 g/mol. The summed E-state index contributed by atoms with van der Waals surface area (Å²) < 4.78 is 12.7. The van der Waals surface area contributed by atoms with E-state index in [1.165, 1.54) is 30.4 Å². The van der Waals surface area contributed by atoms with Crippen molar-refractivity contribution in [3.05, 3.63) is 59.7 Å². The minimum absolute atomic E-state index is 0.225. The molecule has 1 spiro atoms. The number of para-hydroxylation sites is 1. The Morgan fingerprint density at radius 2 is 1.89 bits per heavy atom. The molecule has 4 heteroatoms. The van der Waals surface area contributed by atoms with Gasteiger partial charge in [0.25, 0.3) is 0 Å². The predicted octanol–water partition coefficient (Wildman–Crippen LogP) is 5.29. The van der Waals surface area contributed by atoms with Crippen molar-refractivity contribution in [3.8, 4) is 11.5 Å². The molecule has 1 fully saturated rings. The number of nitrogens with zero attached hydrogens (tertiary/aromatic N) is 2. The number of ether oxygens (including phenoxy) is 2. The lowest BCUT2D eigenvalue weighted by molar-refractivity contribution is -0.141. The van der Waals surface area contributed by atoms with E-state index in [0.29, 0.717) is 6.61 Å². The van der Waals surface area contributed by atoms with Crippen molar-refractivity contribution in [2.45, 2.75) is 57.2 Å². The lowest BCUT2D eigenvalue weighted by Gasteiger charge is -2.49. The maximum absolute atomic E-state index is 6.74. The predicted molar refractivity (Wildman–Crippen MR) is 106 cm³/mol. The van der Waals surface area contributed by atoms with E-state index < -0.39 is 0 Å². The van der Waals surface area contributed by atoms with Crippen LogP contribution in [-0.4, -0.2) is 23.1 Å². The minimum atomic E-state index is -0.334. The van der Waals surface area contributed by atoms with Gasteiger partial charge >= 0.3 is 0 Å². The lowest BCUT2D eigenvalue weighted by Crippen LogP contribution is -2.54. The van der Waals surface area contributed by atoms with Crippen LogP contribution in [-0.2, 0) is 0 Å². The molecular weight excluding hydrogens is 336 g/mol. The van der Waals surface area contributed by atoms with Crippen molar-refractivity contribution < 1.29 is 9.47 Å². The highest BCUT2D eigenvalue weighted by atomic mass is 16.6. The fraction of sp³-hybridized carbons (Fsp3) is 0.435. The highest BCUT2D eigenvalue weighted by Gasteiger charge is 2.51. The van der Waals surface area contributed by atoms with Gasteiger partial charge in [-0.3, -0.25) is 0 Å². The maximum Gasteiger partial charge on any atom is 0.198 e. The second kappa shape index (κ2) is 6.59. The zero-order valence-electron chi connectivity index (χ0n) is 15.9. The summed E-state index contributed by atoms with van der Waals surface area (Å²) in [6.07, 6.45) is 6.61. The van der Waals surface area contributed by atoms with Gasteiger partial charge in [0.2, 0.25) is 0 Å². The molecule has 0 aromatic heterocycles. The van der Waals surface area contributed by atoms with E-state index in [1.807, 2.05) is 13.0 Å². The first kappa shape index (κ1) is 16.7. The van der Waals surface area contributed by atoms with Gasteiger partial charge in [0.05, 0.1) is 18.4 Å². The van der Waals surface area contributed by atoms with Gasteiger partial charge in [-0.1, -0.05) is 48.9 Å². The molecule has 1 atom stereocenters. The molecule has 0 saturated heterocycles. The van der Waals surface area contributed by atoms with Crippen LogP contribution in [0.15, 0.2) is 53.6 Å². The molecule has 1 saturated carbocycles. The third-order valence-corrected chi connectivity index (χ3v) is 6.03. The molecule has 140 valence electrons. The van der Waals surface area contributed by atoms with Gasteiger partial charge < -0.3 is 9.47 Å². The van der Waals surface area contributed by atoms with Crippen LogP contribution < -0.4 is 9.47 Å². The third kappa shape index (κ3) is 2.70. The van der Waals surface area contributed by atoms with Crippen LogP contribution in [0.5, 0.6) is 11.5 Å². The van der Waals surface area contributed by atoms with Gasteiger partial charge in [-0.15, -0.1) is 0 Å². The van der Waals surface area contributed by atoms with Gasteiger partial charge in [-0.25, -0.2) is 5.01 Å². The van der Waals surface area contributed by atoms with Crippen LogP contribution >= 0.6 is 0 Å². The Morgan fingerprint density at radius 3 is 2.67 bits per heavy atom. The number of fused-ring (bicyclic) bond motifs is 4. The molecule has 4 nitrogen and oxygen atoms in total. The zero-order valence-corrected chi connectivity index (χ0v) is 15.9. The molecule has 2 aliphatic heterocycles. The molecule has 0 N–H and O–H groups in total. The van der Waals surface area contributed by atoms with Crippen molar-refractivity contribution in [2.24, 2.45) is 5.10 Å². The van der Waals surface area contributed by atoms with E-state index >= 15 is 0 Å². The van der Waals surface area contributed by atoms with Crippen LogP contribution in [0.2, 0.25) is 0 Å². The number of hydrogen-bond acceptors (Lipinski definition) is 4. The van der Waals surface area contributed by atoms with Crippen LogP contribution in [0.4, 0.5) is 0 Å². The average molecular weight is 362 g/mol. The molecular formula is C23H26N2O2. The van der Waals surface area contributed by atoms with Crippen LogP contribution in [0.25, 0.3) is 0 Å². The number of benzene rings is 2. The molecule has 0 bridgehead atoms. The smallest absolute Gasteiger partial charge is 0.198 e. The van der Waals surface area contributed by atoms with Gasteiger partial charge in [0.15, 0.2) is 17.2 Å². The normalized spacial score (nSPS) is 22.6. The third-order valence-electron chi connectivity index (χ3n) is 6.03. The summed E-state index contributed by atoms with van der Waals surface area (Å²) in [5.41, 5.74) is 3.23. The summed E-state index contributed by atoms with van der Waals surface area (Å²) in [4.78, 5) is 0. The second-order valence-electron chi connectivity index (χ2n) is 7.69. The van der Waals surface area contributed by atoms with E-state index in [4.69, 9.17) is 14.6 Å². The van der Waals surface area contributed by atoms with Crippen LogP contribution in [0.3, 0.4) is 0 Å². The summed E-state index contributed by atoms with van der Waals surface area (Å²) in [6, 6.07) is 17.0. The largest absolute Gasteiger partial charge is 0.490 e. The Hall–Kier alpha value is -2.49. The first-order valence-electron chi connectivity index (χ1n) is 10.2. The van der Waals surface area contributed by atoms with E-state index in [0.717, 1.165) is 36.5 Å². The van der Waals surface area contributed by atoms with Crippen molar-refractivity contribution in [2.75, 3.05) is 6.61 Å². The Bertz CT molecular complexity index is 856. The maximum atomic E-state index is 6.74. The Labute approximate surface area is 160 Å². The van der Waals surface area contributed by atoms with E-state index in [1.54, 1.807) is 0 Å². The fourth-order valence-electron chi connectivity index (χ4n) is 4.78. The first-order valence-corrected chi connectivity index (χ1v) is 10.2. The highest BCUT2D eigenvalue weighted by molar-refractivity contribution is 6.02. The highest BCUT2D eigenvalue weighted by Crippen LogP contribution is 2.53. The molecule has 0 radical (unpaired) electrons. The lowest BCUT2D eigenvalue weighted by atomic mass is 9.86. The molecule has 27 heavy (non-hydrogen) atoms. The topological polar surface area (TPSA) is 34.1 Å². The van der Waals surface area contributed by atoms with Crippen LogP contribution in [0.1, 0.15) is 62.6 Å². The summed E-state index contributed by atoms with van der Waals surface area (Å²) >= 11 is 0. The van der Waals surface area contributed by atoms with Crippen LogP contribution in [0, 0.1) is 0 Å². The standard InChI is InChI=1S/C23H26N2O2/c1-2-26-21-13-9-12-18-20-16-19(17-10-5-3-6-11-17)24-25(20)23(27-22(18)21)14-7-4-8-15-23/h3,5-6,9-13,20H,2,4,7-8,14-16H2,1H3/t20-/m0/s1. The Balaban J connectivity index is 1.61. The Morgan fingerprint density at radius 1 is 1.07 bits per heavy atom. The second-order valence-corrected chi connectivity index (χ2v) is 7.69. The number of rotatable bonds is 3. The number of hydrazone groups is 1. The molecule has 3 aliphatic rings. The SMILES string of the molecule is CCOc1cccc2c1OC1(CCCCC1)N1N=C(c3ccccc3)C[C@@H]21. The van der Waals surface area contributed by atoms with Crippen molar-refractivity contribution in [3.63, 3.8) is 0 Å².